The first-order valence-electron chi connectivity index (χ1n) is 4.96. The number of rotatable bonds is 4. The van der Waals surface area contributed by atoms with Crippen molar-refractivity contribution in [1.29, 1.82) is 0 Å². The Labute approximate surface area is 100 Å². The van der Waals surface area contributed by atoms with Gasteiger partial charge < -0.3 is 25.4 Å². The van der Waals surface area contributed by atoms with Crippen molar-refractivity contribution in [2.45, 2.75) is 6.42 Å². The summed E-state index contributed by atoms with van der Waals surface area (Å²) in [6.07, 6.45) is 0.722. The van der Waals surface area contributed by atoms with Crippen LogP contribution in [0.1, 0.15) is 6.42 Å². The smallest absolute Gasteiger partial charge is 0.356 e. The lowest BCUT2D eigenvalue weighted by Gasteiger charge is -2.04. The van der Waals surface area contributed by atoms with Gasteiger partial charge in [-0.1, -0.05) is 0 Å². The molecule has 0 saturated carbocycles. The standard InChI is InChI=1S/C7H9O4P.C3H9NO/c1-11-6-2-4-7(5-3-6)12(8,9)10;4-2-1-3-5/h2-5H,1H3,(H2,8,9,10);5H,1-4H2. The maximum atomic E-state index is 10.7. The number of aliphatic hydroxyl groups excluding tert-OH is 1. The zero-order chi connectivity index (χ0) is 13.3. The average Bonchev–Trinajstić information content (AvgIpc) is 2.30. The highest BCUT2D eigenvalue weighted by atomic mass is 31.2. The Balaban J connectivity index is 0.000000437. The predicted octanol–water partition coefficient (Wildman–Crippen LogP) is -0.174. The molecule has 0 spiro atoms. The topological polar surface area (TPSA) is 113 Å². The van der Waals surface area contributed by atoms with E-state index in [-0.39, 0.29) is 11.9 Å². The Morgan fingerprint density at radius 1 is 1.29 bits per heavy atom. The third-order valence-electron chi connectivity index (χ3n) is 1.77. The average molecular weight is 263 g/mol. The van der Waals surface area contributed by atoms with Crippen LogP contribution >= 0.6 is 7.60 Å². The molecule has 0 atom stereocenters. The molecule has 1 rings (SSSR count). The minimum Gasteiger partial charge on any atom is -0.497 e. The van der Waals surface area contributed by atoms with E-state index in [1.54, 1.807) is 0 Å². The summed E-state index contributed by atoms with van der Waals surface area (Å²) < 4.78 is 15.5. The van der Waals surface area contributed by atoms with Crippen molar-refractivity contribution in [3.8, 4) is 5.75 Å². The van der Waals surface area contributed by atoms with Crippen molar-refractivity contribution in [2.75, 3.05) is 20.3 Å². The van der Waals surface area contributed by atoms with Crippen molar-refractivity contribution >= 4 is 12.9 Å². The molecular weight excluding hydrogens is 245 g/mol. The molecule has 5 N–H and O–H groups in total. The first-order valence-corrected chi connectivity index (χ1v) is 6.58. The second-order valence-electron chi connectivity index (χ2n) is 3.11. The van der Waals surface area contributed by atoms with Gasteiger partial charge in [0.1, 0.15) is 5.75 Å². The molecule has 7 heteroatoms. The van der Waals surface area contributed by atoms with Gasteiger partial charge in [0, 0.05) is 6.61 Å². The molecule has 0 aliphatic heterocycles. The van der Waals surface area contributed by atoms with Gasteiger partial charge in [0.15, 0.2) is 0 Å². The van der Waals surface area contributed by atoms with Gasteiger partial charge in [-0.3, -0.25) is 4.57 Å². The SMILES string of the molecule is COc1ccc(P(=O)(O)O)cc1.NCCCO. The third-order valence-corrected chi connectivity index (χ3v) is 2.74. The molecule has 1 aromatic rings. The fourth-order valence-corrected chi connectivity index (χ4v) is 1.41. The lowest BCUT2D eigenvalue weighted by molar-refractivity contribution is 0.291. The molecule has 0 fully saturated rings. The highest BCUT2D eigenvalue weighted by Gasteiger charge is 2.15. The van der Waals surface area contributed by atoms with Crippen LogP contribution in [0.25, 0.3) is 0 Å². The molecular formula is C10H18NO5P. The molecule has 1 aromatic carbocycles. The summed E-state index contributed by atoms with van der Waals surface area (Å²) in [5, 5.41) is 7.99. The molecule has 0 bridgehead atoms. The van der Waals surface area contributed by atoms with Crippen LogP contribution in [0.5, 0.6) is 5.75 Å². The van der Waals surface area contributed by atoms with Crippen LogP contribution in [-0.4, -0.2) is 35.2 Å². The van der Waals surface area contributed by atoms with Crippen LogP contribution in [-0.2, 0) is 4.57 Å². The number of benzene rings is 1. The highest BCUT2D eigenvalue weighted by molar-refractivity contribution is 7.60. The van der Waals surface area contributed by atoms with E-state index in [0.29, 0.717) is 12.3 Å². The first-order chi connectivity index (χ1) is 7.95. The van der Waals surface area contributed by atoms with Crippen molar-refractivity contribution < 1.29 is 24.2 Å². The van der Waals surface area contributed by atoms with Gasteiger partial charge >= 0.3 is 7.60 Å². The van der Waals surface area contributed by atoms with Crippen molar-refractivity contribution in [3.63, 3.8) is 0 Å². The molecule has 0 aromatic heterocycles. The molecule has 0 amide bonds. The number of ether oxygens (including phenoxy) is 1. The van der Waals surface area contributed by atoms with E-state index >= 15 is 0 Å². The number of nitrogens with two attached hydrogens (primary N) is 1. The lowest BCUT2D eigenvalue weighted by atomic mass is 10.3. The van der Waals surface area contributed by atoms with Gasteiger partial charge in [-0.2, -0.15) is 0 Å². The minimum absolute atomic E-state index is 0.00306. The summed E-state index contributed by atoms with van der Waals surface area (Å²) in [4.78, 5) is 17.4. The minimum atomic E-state index is -4.10. The monoisotopic (exact) mass is 263 g/mol. The van der Waals surface area contributed by atoms with Gasteiger partial charge in [-0.05, 0) is 37.2 Å². The van der Waals surface area contributed by atoms with E-state index in [9.17, 15) is 4.57 Å². The first kappa shape index (κ1) is 16.1. The zero-order valence-electron chi connectivity index (χ0n) is 9.61. The highest BCUT2D eigenvalue weighted by Crippen LogP contribution is 2.33. The Kier molecular flexibility index (Phi) is 7.78. The van der Waals surface area contributed by atoms with Gasteiger partial charge in [0.25, 0.3) is 0 Å². The Morgan fingerprint density at radius 3 is 2.06 bits per heavy atom. The molecule has 0 aliphatic rings. The predicted molar refractivity (Wildman–Crippen MR) is 65.4 cm³/mol. The van der Waals surface area contributed by atoms with Gasteiger partial charge in [-0.15, -0.1) is 0 Å². The number of hydrogen-bond donors (Lipinski definition) is 4. The fraction of sp³-hybridized carbons (Fsp3) is 0.400. The van der Waals surface area contributed by atoms with E-state index in [1.165, 1.54) is 31.4 Å². The van der Waals surface area contributed by atoms with Crippen molar-refractivity contribution in [3.05, 3.63) is 24.3 Å². The summed E-state index contributed by atoms with van der Waals surface area (Å²) in [5.74, 6) is 0.576. The fourth-order valence-electron chi connectivity index (χ4n) is 0.868. The summed E-state index contributed by atoms with van der Waals surface area (Å²) in [6.45, 7) is 0.812. The maximum Gasteiger partial charge on any atom is 0.356 e. The second-order valence-corrected chi connectivity index (χ2v) is 4.71. The molecule has 0 radical (unpaired) electrons. The third kappa shape index (κ3) is 7.10. The van der Waals surface area contributed by atoms with Crippen LogP contribution in [0.15, 0.2) is 24.3 Å². The van der Waals surface area contributed by atoms with Crippen LogP contribution in [0.3, 0.4) is 0 Å². The van der Waals surface area contributed by atoms with E-state index in [4.69, 9.17) is 25.4 Å². The summed E-state index contributed by atoms with van der Waals surface area (Å²) in [7, 11) is -2.61. The number of hydrogen-bond acceptors (Lipinski definition) is 4. The van der Waals surface area contributed by atoms with Gasteiger partial charge in [0.2, 0.25) is 0 Å². The summed E-state index contributed by atoms with van der Waals surface area (Å²) >= 11 is 0. The zero-order valence-corrected chi connectivity index (χ0v) is 10.5. The summed E-state index contributed by atoms with van der Waals surface area (Å²) in [6, 6.07) is 5.71. The van der Waals surface area contributed by atoms with Crippen LogP contribution in [0, 0.1) is 0 Å². The lowest BCUT2D eigenvalue weighted by Crippen LogP contribution is -2.02. The van der Waals surface area contributed by atoms with Crippen molar-refractivity contribution in [1.82, 2.24) is 0 Å². The molecule has 6 nitrogen and oxygen atoms in total. The number of methoxy groups -OCH3 is 1. The largest absolute Gasteiger partial charge is 0.497 e. The van der Waals surface area contributed by atoms with Gasteiger partial charge in [-0.25, -0.2) is 0 Å². The Hall–Kier alpha value is -0.910. The second kappa shape index (κ2) is 8.22. The molecule has 0 heterocycles. The molecule has 17 heavy (non-hydrogen) atoms. The molecule has 0 aliphatic carbocycles. The molecule has 0 unspecified atom stereocenters. The summed E-state index contributed by atoms with van der Waals surface area (Å²) in [5.41, 5.74) is 4.98. The van der Waals surface area contributed by atoms with E-state index in [0.717, 1.165) is 6.42 Å². The Morgan fingerprint density at radius 2 is 1.82 bits per heavy atom. The van der Waals surface area contributed by atoms with Crippen molar-refractivity contribution in [2.24, 2.45) is 5.73 Å². The van der Waals surface area contributed by atoms with Gasteiger partial charge in [0.05, 0.1) is 12.4 Å². The molecule has 98 valence electrons. The van der Waals surface area contributed by atoms with Crippen LogP contribution in [0.4, 0.5) is 0 Å². The normalized spacial score (nSPS) is 10.4. The number of aliphatic hydroxyl groups is 1. The van der Waals surface area contributed by atoms with Crippen LogP contribution in [0.2, 0.25) is 0 Å². The van der Waals surface area contributed by atoms with E-state index < -0.39 is 7.60 Å². The molecule has 0 saturated heterocycles. The quantitative estimate of drug-likeness (QED) is 0.561. The maximum absolute atomic E-state index is 10.7. The van der Waals surface area contributed by atoms with Crippen LogP contribution < -0.4 is 15.8 Å². The van der Waals surface area contributed by atoms with E-state index in [1.807, 2.05) is 0 Å². The van der Waals surface area contributed by atoms with E-state index in [2.05, 4.69) is 0 Å². The Bertz CT molecular complexity index is 346.